The monoisotopic (exact) mass is 429 g/mol. The van der Waals surface area contributed by atoms with Crippen molar-refractivity contribution in [3.8, 4) is 0 Å². The van der Waals surface area contributed by atoms with Gasteiger partial charge in [-0.1, -0.05) is 77.9 Å². The summed E-state index contributed by atoms with van der Waals surface area (Å²) in [5.74, 6) is -0.984. The number of hydrogen-bond donors (Lipinski definition) is 4. The molecule has 4 unspecified atom stereocenters. The molecule has 1 amide bonds. The lowest BCUT2D eigenvalue weighted by Crippen LogP contribution is -2.49. The predicted octanol–water partition coefficient (Wildman–Crippen LogP) is 3.00. The van der Waals surface area contributed by atoms with Crippen LogP contribution in [-0.4, -0.2) is 58.2 Å². The summed E-state index contributed by atoms with van der Waals surface area (Å²) in [6, 6.07) is -0.900. The second-order valence-corrected chi connectivity index (χ2v) is 7.85. The van der Waals surface area contributed by atoms with Gasteiger partial charge in [0.2, 0.25) is 5.91 Å². The number of aliphatic hydroxyl groups is 3. The molecule has 0 saturated heterocycles. The van der Waals surface area contributed by atoms with Gasteiger partial charge >= 0.3 is 5.97 Å². The van der Waals surface area contributed by atoms with E-state index < -0.39 is 30.3 Å². The van der Waals surface area contributed by atoms with E-state index in [1.807, 2.05) is 13.8 Å². The molecule has 0 aromatic rings. The molecule has 0 spiro atoms. The van der Waals surface area contributed by atoms with Crippen molar-refractivity contribution >= 4 is 11.9 Å². The molecule has 0 aromatic heterocycles. The van der Waals surface area contributed by atoms with E-state index in [9.17, 15) is 24.9 Å². The van der Waals surface area contributed by atoms with Gasteiger partial charge in [-0.25, -0.2) is 0 Å². The summed E-state index contributed by atoms with van der Waals surface area (Å²) in [7, 11) is 0. The molecule has 30 heavy (non-hydrogen) atoms. The Bertz CT molecular complexity index is 482. The van der Waals surface area contributed by atoms with Crippen LogP contribution >= 0.6 is 0 Å². The van der Waals surface area contributed by atoms with Gasteiger partial charge in [0, 0.05) is 6.42 Å². The lowest BCUT2D eigenvalue weighted by atomic mass is 10.1. The standard InChI is InChI=1S/C23H43NO6/c1-4-7-10-11-14-22(28)30-17-19(24-23(29)21(27)13-9-6-3)20(26)16-15-18(25)12-8-5-2/h15-16,18-21,25-27H,4-14,17H2,1-3H3,(H,24,29)/b16-15+. The fraction of sp³-hybridized carbons (Fsp3) is 0.826. The Labute approximate surface area is 181 Å². The Morgan fingerprint density at radius 2 is 1.50 bits per heavy atom. The number of rotatable bonds is 18. The number of hydrogen-bond acceptors (Lipinski definition) is 6. The molecule has 4 atom stereocenters. The van der Waals surface area contributed by atoms with Gasteiger partial charge in [-0.3, -0.25) is 9.59 Å². The fourth-order valence-corrected chi connectivity index (χ4v) is 2.87. The van der Waals surface area contributed by atoms with Crippen LogP contribution in [0.2, 0.25) is 0 Å². The van der Waals surface area contributed by atoms with Crippen molar-refractivity contribution in [2.24, 2.45) is 0 Å². The zero-order valence-electron chi connectivity index (χ0n) is 19.0. The van der Waals surface area contributed by atoms with Crippen molar-refractivity contribution < 1.29 is 29.6 Å². The molecule has 0 aliphatic carbocycles. The van der Waals surface area contributed by atoms with Gasteiger partial charge in [0.25, 0.3) is 0 Å². The van der Waals surface area contributed by atoms with E-state index in [0.29, 0.717) is 25.7 Å². The van der Waals surface area contributed by atoms with E-state index in [4.69, 9.17) is 4.74 Å². The molecule has 0 aromatic carbocycles. The number of carbonyl (C=O) groups is 2. The molecule has 0 rings (SSSR count). The molecule has 0 aliphatic heterocycles. The molecule has 7 heteroatoms. The first-order valence-electron chi connectivity index (χ1n) is 11.5. The second-order valence-electron chi connectivity index (χ2n) is 7.85. The summed E-state index contributed by atoms with van der Waals surface area (Å²) >= 11 is 0. The summed E-state index contributed by atoms with van der Waals surface area (Å²) < 4.78 is 5.25. The first kappa shape index (κ1) is 28.6. The highest BCUT2D eigenvalue weighted by molar-refractivity contribution is 5.80. The first-order chi connectivity index (χ1) is 14.3. The van der Waals surface area contributed by atoms with E-state index in [-0.39, 0.29) is 12.6 Å². The molecule has 0 heterocycles. The normalized spacial score (nSPS) is 15.5. The number of nitrogens with one attached hydrogen (secondary N) is 1. The summed E-state index contributed by atoms with van der Waals surface area (Å²) in [4.78, 5) is 24.2. The van der Waals surface area contributed by atoms with Crippen LogP contribution in [0.1, 0.15) is 91.4 Å². The molecule has 0 saturated carbocycles. The minimum atomic E-state index is -1.18. The number of carbonyl (C=O) groups excluding carboxylic acids is 2. The fourth-order valence-electron chi connectivity index (χ4n) is 2.87. The van der Waals surface area contributed by atoms with Crippen molar-refractivity contribution in [1.29, 1.82) is 0 Å². The summed E-state index contributed by atoms with van der Waals surface area (Å²) in [5.41, 5.74) is 0. The molecule has 0 aliphatic rings. The molecule has 176 valence electrons. The van der Waals surface area contributed by atoms with Gasteiger partial charge < -0.3 is 25.4 Å². The third-order valence-corrected chi connectivity index (χ3v) is 4.92. The van der Waals surface area contributed by atoms with Crippen LogP contribution in [0, 0.1) is 0 Å². The minimum Gasteiger partial charge on any atom is -0.463 e. The molecule has 0 radical (unpaired) electrons. The summed E-state index contributed by atoms with van der Waals surface area (Å²) in [5, 5.41) is 32.9. The molecule has 4 N–H and O–H groups in total. The Morgan fingerprint density at radius 3 is 2.13 bits per heavy atom. The van der Waals surface area contributed by atoms with Crippen LogP contribution in [0.4, 0.5) is 0 Å². The first-order valence-corrected chi connectivity index (χ1v) is 11.5. The molecular weight excluding hydrogens is 386 g/mol. The predicted molar refractivity (Wildman–Crippen MR) is 118 cm³/mol. The average Bonchev–Trinajstić information content (AvgIpc) is 2.74. The molecule has 7 nitrogen and oxygen atoms in total. The van der Waals surface area contributed by atoms with Crippen LogP contribution in [0.25, 0.3) is 0 Å². The van der Waals surface area contributed by atoms with Crippen LogP contribution < -0.4 is 5.32 Å². The van der Waals surface area contributed by atoms with E-state index in [0.717, 1.165) is 44.9 Å². The third kappa shape index (κ3) is 14.5. The van der Waals surface area contributed by atoms with Gasteiger partial charge in [0.15, 0.2) is 0 Å². The van der Waals surface area contributed by atoms with E-state index in [1.165, 1.54) is 12.2 Å². The van der Waals surface area contributed by atoms with Gasteiger partial charge in [0.1, 0.15) is 12.7 Å². The molecular formula is C23H43NO6. The number of amides is 1. The topological polar surface area (TPSA) is 116 Å². The van der Waals surface area contributed by atoms with Gasteiger partial charge in [0.05, 0.1) is 18.2 Å². The maximum Gasteiger partial charge on any atom is 0.305 e. The molecule has 0 bridgehead atoms. The highest BCUT2D eigenvalue weighted by Gasteiger charge is 2.24. The van der Waals surface area contributed by atoms with Crippen molar-refractivity contribution in [2.75, 3.05) is 6.61 Å². The minimum absolute atomic E-state index is 0.199. The third-order valence-electron chi connectivity index (χ3n) is 4.92. The number of esters is 1. The zero-order chi connectivity index (χ0) is 22.8. The van der Waals surface area contributed by atoms with E-state index in [2.05, 4.69) is 12.2 Å². The summed E-state index contributed by atoms with van der Waals surface area (Å²) in [6.07, 6.45) is 8.28. The highest BCUT2D eigenvalue weighted by Crippen LogP contribution is 2.08. The number of aliphatic hydroxyl groups excluding tert-OH is 3. The number of unbranched alkanes of at least 4 members (excludes halogenated alkanes) is 5. The van der Waals surface area contributed by atoms with Crippen LogP contribution in [-0.2, 0) is 14.3 Å². The zero-order valence-corrected chi connectivity index (χ0v) is 19.0. The Kier molecular flexibility index (Phi) is 17.5. The van der Waals surface area contributed by atoms with Crippen molar-refractivity contribution in [1.82, 2.24) is 5.32 Å². The largest absolute Gasteiger partial charge is 0.463 e. The van der Waals surface area contributed by atoms with Crippen LogP contribution in [0.15, 0.2) is 12.2 Å². The van der Waals surface area contributed by atoms with Gasteiger partial charge in [-0.05, 0) is 19.3 Å². The quantitative estimate of drug-likeness (QED) is 0.151. The van der Waals surface area contributed by atoms with Crippen LogP contribution in [0.5, 0.6) is 0 Å². The van der Waals surface area contributed by atoms with Crippen molar-refractivity contribution in [3.05, 3.63) is 12.2 Å². The maximum absolute atomic E-state index is 12.2. The van der Waals surface area contributed by atoms with E-state index in [1.54, 1.807) is 0 Å². The Morgan fingerprint density at radius 1 is 0.867 bits per heavy atom. The Hall–Kier alpha value is -1.44. The number of ether oxygens (including phenoxy) is 1. The maximum atomic E-state index is 12.2. The summed E-state index contributed by atoms with van der Waals surface area (Å²) in [6.45, 7) is 5.88. The lowest BCUT2D eigenvalue weighted by molar-refractivity contribution is -0.146. The smallest absolute Gasteiger partial charge is 0.305 e. The van der Waals surface area contributed by atoms with Crippen molar-refractivity contribution in [3.63, 3.8) is 0 Å². The van der Waals surface area contributed by atoms with Gasteiger partial charge in [-0.15, -0.1) is 0 Å². The van der Waals surface area contributed by atoms with Crippen LogP contribution in [0.3, 0.4) is 0 Å². The second kappa shape index (κ2) is 18.3. The SMILES string of the molecule is CCCCCCC(=O)OCC(NC(=O)C(O)CCCC)C(O)/C=C/C(O)CCCC. The average molecular weight is 430 g/mol. The van der Waals surface area contributed by atoms with E-state index >= 15 is 0 Å². The molecule has 0 fully saturated rings. The van der Waals surface area contributed by atoms with Crippen molar-refractivity contribution in [2.45, 2.75) is 116 Å². The highest BCUT2D eigenvalue weighted by atomic mass is 16.5. The lowest BCUT2D eigenvalue weighted by Gasteiger charge is -2.23. The van der Waals surface area contributed by atoms with Gasteiger partial charge in [-0.2, -0.15) is 0 Å². The Balaban J connectivity index is 4.83.